The molecule has 9 heteroatoms. The summed E-state index contributed by atoms with van der Waals surface area (Å²) in [6.07, 6.45) is 7.05. The number of ether oxygens (including phenoxy) is 1. The molecule has 3 rings (SSSR count). The van der Waals surface area contributed by atoms with Crippen LogP contribution in [0.1, 0.15) is 49.6 Å². The maximum Gasteiger partial charge on any atom is 0.371 e. The van der Waals surface area contributed by atoms with Gasteiger partial charge in [0.05, 0.1) is 22.5 Å². The lowest BCUT2D eigenvalue weighted by atomic mass is 9.75. The van der Waals surface area contributed by atoms with Crippen molar-refractivity contribution in [2.75, 3.05) is 6.61 Å². The van der Waals surface area contributed by atoms with Crippen molar-refractivity contribution in [1.29, 1.82) is 0 Å². The van der Waals surface area contributed by atoms with Gasteiger partial charge >= 0.3 is 11.8 Å². The number of rotatable bonds is 8. The Labute approximate surface area is 183 Å². The van der Waals surface area contributed by atoms with Crippen LogP contribution in [0.25, 0.3) is 6.08 Å². The van der Waals surface area contributed by atoms with Gasteiger partial charge in [0.25, 0.3) is 5.69 Å². The van der Waals surface area contributed by atoms with Gasteiger partial charge in [0.2, 0.25) is 9.75 Å². The normalized spacial score (nSPS) is 18.0. The third-order valence-electron chi connectivity index (χ3n) is 5.56. The van der Waals surface area contributed by atoms with Gasteiger partial charge in [0.1, 0.15) is 6.07 Å². The second-order valence-corrected chi connectivity index (χ2v) is 8.60. The fourth-order valence-corrected chi connectivity index (χ4v) is 5.28. The zero-order valence-electron chi connectivity index (χ0n) is 17.3. The van der Waals surface area contributed by atoms with Gasteiger partial charge in [-0.05, 0) is 43.1 Å². The van der Waals surface area contributed by atoms with Crippen molar-refractivity contribution in [2.24, 2.45) is 0 Å². The van der Waals surface area contributed by atoms with Crippen LogP contribution in [0.4, 0.5) is 5.69 Å². The molecule has 0 aliphatic carbocycles. The molecule has 164 valence electrons. The number of allylic oxidation sites excluding steroid dienone is 1. The van der Waals surface area contributed by atoms with E-state index in [9.17, 15) is 24.8 Å². The Balaban J connectivity index is 1.86. The summed E-state index contributed by atoms with van der Waals surface area (Å²) in [5.74, 6) is -0.412. The van der Waals surface area contributed by atoms with Crippen molar-refractivity contribution in [3.63, 3.8) is 0 Å². The number of nitro groups is 1. The van der Waals surface area contributed by atoms with Gasteiger partial charge in [0.15, 0.2) is 6.54 Å². The standard InChI is InChI=1S/C22H24N2O6S/c1-16(25)30-14-12-22(11-6-13-23-19(26)15-20(27)31-21(22)23)10-5-4-8-17-7-2-3-9-18(17)24(28)29/h2-4,7-9,15H,5-6,10-14H2,1H3/p+1/b8-4-. The summed E-state index contributed by atoms with van der Waals surface area (Å²) >= 11 is 1.11. The molecule has 1 aliphatic heterocycles. The predicted octanol–water partition coefficient (Wildman–Crippen LogP) is 3.49. The number of aromatic hydroxyl groups is 1. The highest BCUT2D eigenvalue weighted by atomic mass is 32.1. The lowest BCUT2D eigenvalue weighted by Gasteiger charge is -2.33. The van der Waals surface area contributed by atoms with Gasteiger partial charge in [-0.3, -0.25) is 19.7 Å². The van der Waals surface area contributed by atoms with Crippen molar-refractivity contribution in [3.05, 3.63) is 66.6 Å². The SMILES string of the molecule is CC(=O)OCCC1(CC/C=C\c2ccccc2[N+](=O)[O-])CCC[n+]2c(O)cc(=O)sc21. The monoisotopic (exact) mass is 445 g/mol. The minimum atomic E-state index is -0.427. The Morgan fingerprint density at radius 2 is 2.16 bits per heavy atom. The molecule has 0 bridgehead atoms. The number of fused-ring (bicyclic) bond motifs is 1. The van der Waals surface area contributed by atoms with E-state index in [1.54, 1.807) is 28.8 Å². The number of benzene rings is 1. The maximum atomic E-state index is 12.1. The van der Waals surface area contributed by atoms with Crippen LogP contribution in [0.2, 0.25) is 0 Å². The summed E-state index contributed by atoms with van der Waals surface area (Å²) in [4.78, 5) is 34.2. The number of esters is 1. The molecular formula is C22H25N2O6S+. The van der Waals surface area contributed by atoms with E-state index in [1.807, 2.05) is 6.08 Å². The number of para-hydroxylation sites is 1. The molecule has 0 saturated carbocycles. The van der Waals surface area contributed by atoms with Crippen LogP contribution in [0, 0.1) is 10.1 Å². The summed E-state index contributed by atoms with van der Waals surface area (Å²) in [6, 6.07) is 7.77. The fourth-order valence-electron chi connectivity index (χ4n) is 4.10. The number of nitrogens with zero attached hydrogens (tertiary/aromatic N) is 2. The van der Waals surface area contributed by atoms with Gasteiger partial charge in [-0.2, -0.15) is 4.57 Å². The topological polar surface area (TPSA) is 111 Å². The Morgan fingerprint density at radius 3 is 2.90 bits per heavy atom. The summed E-state index contributed by atoms with van der Waals surface area (Å²) < 4.78 is 6.73. The average Bonchev–Trinajstić information content (AvgIpc) is 2.72. The smallest absolute Gasteiger partial charge is 0.371 e. The zero-order chi connectivity index (χ0) is 22.4. The Hall–Kier alpha value is -3.07. The van der Waals surface area contributed by atoms with Crippen LogP contribution in [-0.4, -0.2) is 22.6 Å². The van der Waals surface area contributed by atoms with Crippen LogP contribution in [0.3, 0.4) is 0 Å². The van der Waals surface area contributed by atoms with Crippen molar-refractivity contribution in [2.45, 2.75) is 51.0 Å². The van der Waals surface area contributed by atoms with Gasteiger partial charge in [-0.1, -0.05) is 24.3 Å². The number of carbonyl (C=O) groups excluding carboxylic acids is 1. The summed E-state index contributed by atoms with van der Waals surface area (Å²) in [5, 5.41) is 22.3. The molecule has 0 saturated heterocycles. The van der Waals surface area contributed by atoms with Gasteiger partial charge in [-0.15, -0.1) is 0 Å². The summed E-state index contributed by atoms with van der Waals surface area (Å²) in [7, 11) is 0. The van der Waals surface area contributed by atoms with E-state index in [0.717, 1.165) is 29.2 Å². The van der Waals surface area contributed by atoms with Crippen molar-refractivity contribution >= 4 is 29.1 Å². The highest BCUT2D eigenvalue weighted by molar-refractivity contribution is 7.08. The lowest BCUT2D eigenvalue weighted by molar-refractivity contribution is -0.716. The number of nitro benzene ring substituents is 1. The highest BCUT2D eigenvalue weighted by Gasteiger charge is 2.44. The number of hydrogen-bond donors (Lipinski definition) is 1. The van der Waals surface area contributed by atoms with Crippen LogP contribution < -0.4 is 9.31 Å². The van der Waals surface area contributed by atoms with E-state index in [0.29, 0.717) is 31.4 Å². The Morgan fingerprint density at radius 1 is 1.39 bits per heavy atom. The second-order valence-electron chi connectivity index (χ2n) is 7.61. The van der Waals surface area contributed by atoms with E-state index < -0.39 is 10.3 Å². The molecule has 1 atom stereocenters. The van der Waals surface area contributed by atoms with Gasteiger partial charge < -0.3 is 9.84 Å². The molecule has 1 unspecified atom stereocenters. The molecule has 2 aromatic rings. The van der Waals surface area contributed by atoms with E-state index in [2.05, 4.69) is 0 Å². The molecule has 1 aliphatic rings. The molecule has 0 spiro atoms. The van der Waals surface area contributed by atoms with Crippen molar-refractivity contribution in [1.82, 2.24) is 0 Å². The molecule has 1 aromatic carbocycles. The maximum absolute atomic E-state index is 12.1. The minimum Gasteiger partial charge on any atom is -0.466 e. The third kappa shape index (κ3) is 5.35. The lowest BCUT2D eigenvalue weighted by Crippen LogP contribution is -2.51. The largest absolute Gasteiger partial charge is 0.466 e. The number of hydrogen-bond acceptors (Lipinski definition) is 7. The molecule has 0 radical (unpaired) electrons. The Kier molecular flexibility index (Phi) is 7.17. The molecular weight excluding hydrogens is 420 g/mol. The first-order chi connectivity index (χ1) is 14.8. The number of carbonyl (C=O) groups is 1. The van der Waals surface area contributed by atoms with E-state index in [4.69, 9.17) is 4.74 Å². The van der Waals surface area contributed by atoms with Gasteiger partial charge in [0, 0.05) is 19.4 Å². The molecule has 1 N–H and O–H groups in total. The molecule has 8 nitrogen and oxygen atoms in total. The fraction of sp³-hybridized carbons (Fsp3) is 0.409. The second kappa shape index (κ2) is 9.82. The Bertz CT molecular complexity index is 1060. The zero-order valence-corrected chi connectivity index (χ0v) is 18.1. The van der Waals surface area contributed by atoms with Crippen molar-refractivity contribution in [3.8, 4) is 5.88 Å². The third-order valence-corrected chi connectivity index (χ3v) is 6.73. The highest BCUT2D eigenvalue weighted by Crippen LogP contribution is 2.40. The summed E-state index contributed by atoms with van der Waals surface area (Å²) in [5.41, 5.74) is 0.149. The van der Waals surface area contributed by atoms with Crippen LogP contribution in [0.5, 0.6) is 5.88 Å². The first-order valence-electron chi connectivity index (χ1n) is 10.1. The molecule has 0 amide bonds. The molecule has 0 fully saturated rings. The first kappa shape index (κ1) is 22.6. The van der Waals surface area contributed by atoms with E-state index in [1.165, 1.54) is 19.1 Å². The van der Waals surface area contributed by atoms with Crippen LogP contribution >= 0.6 is 11.3 Å². The van der Waals surface area contributed by atoms with Crippen LogP contribution in [-0.2, 0) is 21.5 Å². The minimum absolute atomic E-state index is 0.0463. The molecule has 2 heterocycles. The molecule has 31 heavy (non-hydrogen) atoms. The molecule has 1 aromatic heterocycles. The van der Waals surface area contributed by atoms with Gasteiger partial charge in [-0.25, -0.2) is 0 Å². The average molecular weight is 446 g/mol. The predicted molar refractivity (Wildman–Crippen MR) is 116 cm³/mol. The van der Waals surface area contributed by atoms with Crippen LogP contribution in [0.15, 0.2) is 41.2 Å². The van der Waals surface area contributed by atoms with Crippen molar-refractivity contribution < 1.29 is 24.1 Å². The first-order valence-corrected chi connectivity index (χ1v) is 10.9. The number of aromatic nitrogens is 1. The van der Waals surface area contributed by atoms with E-state index in [-0.39, 0.29) is 28.9 Å². The van der Waals surface area contributed by atoms with E-state index >= 15 is 0 Å². The quantitative estimate of drug-likeness (QED) is 0.288. The summed E-state index contributed by atoms with van der Waals surface area (Å²) in [6.45, 7) is 2.20.